The number of amides is 4. The van der Waals surface area contributed by atoms with E-state index in [1.54, 1.807) is 0 Å². The second-order valence-corrected chi connectivity index (χ2v) is 6.95. The number of carboxylic acids is 1. The van der Waals surface area contributed by atoms with Crippen LogP contribution in [-0.2, 0) is 30.4 Å². The number of benzene rings is 1. The fraction of sp³-hybridized carbons (Fsp3) is 0.421. The Hall–Kier alpha value is -3.67. The summed E-state index contributed by atoms with van der Waals surface area (Å²) in [6, 6.07) is 2.09. The van der Waals surface area contributed by atoms with Crippen molar-refractivity contribution in [3.63, 3.8) is 0 Å². The second-order valence-electron chi connectivity index (χ2n) is 6.95. The van der Waals surface area contributed by atoms with Crippen LogP contribution >= 0.6 is 0 Å². The number of rotatable bonds is 13. The predicted molar refractivity (Wildman–Crippen MR) is 108 cm³/mol. The van der Waals surface area contributed by atoms with Gasteiger partial charge in [-0.3, -0.25) is 19.2 Å². The van der Waals surface area contributed by atoms with Gasteiger partial charge in [-0.25, -0.2) is 4.79 Å². The summed E-state index contributed by atoms with van der Waals surface area (Å²) in [5.41, 5.74) is 16.4. The van der Waals surface area contributed by atoms with Crippen molar-refractivity contribution >= 4 is 29.6 Å². The van der Waals surface area contributed by atoms with Crippen molar-refractivity contribution in [3.05, 3.63) is 29.8 Å². The van der Waals surface area contributed by atoms with E-state index in [0.29, 0.717) is 5.56 Å². The molecule has 0 heterocycles. The Morgan fingerprint density at radius 3 is 1.87 bits per heavy atom. The number of nitrogens with two attached hydrogens (primary N) is 3. The van der Waals surface area contributed by atoms with Gasteiger partial charge in [0.15, 0.2) is 0 Å². The van der Waals surface area contributed by atoms with E-state index >= 15 is 0 Å². The van der Waals surface area contributed by atoms with E-state index in [2.05, 4.69) is 10.6 Å². The summed E-state index contributed by atoms with van der Waals surface area (Å²) in [6.07, 6.45) is -0.691. The molecule has 0 aliphatic heterocycles. The van der Waals surface area contributed by atoms with Crippen molar-refractivity contribution in [2.24, 2.45) is 17.2 Å². The Labute approximate surface area is 178 Å². The molecule has 0 aliphatic carbocycles. The molecular weight excluding hydrogens is 410 g/mol. The molecule has 0 unspecified atom stereocenters. The molecule has 0 aromatic heterocycles. The zero-order valence-corrected chi connectivity index (χ0v) is 16.7. The Kier molecular flexibility index (Phi) is 9.92. The molecule has 0 bridgehead atoms. The number of aromatic hydroxyl groups is 1. The first kappa shape index (κ1) is 25.4. The lowest BCUT2D eigenvalue weighted by Gasteiger charge is -2.23. The predicted octanol–water partition coefficient (Wildman–Crippen LogP) is -2.15. The SMILES string of the molecule is NC(=O)CC[C@H](NC(=O)[C@H](Cc1ccc(O)cc1)NC(=O)[C@@H](N)CCC(N)=O)C(=O)O. The fourth-order valence-electron chi connectivity index (χ4n) is 2.60. The van der Waals surface area contributed by atoms with Crippen molar-refractivity contribution in [2.75, 3.05) is 0 Å². The second kappa shape index (κ2) is 12.1. The summed E-state index contributed by atoms with van der Waals surface area (Å²) >= 11 is 0. The van der Waals surface area contributed by atoms with Gasteiger partial charge < -0.3 is 38.0 Å². The Bertz CT molecular complexity index is 812. The van der Waals surface area contributed by atoms with E-state index in [-0.39, 0.29) is 37.9 Å². The van der Waals surface area contributed by atoms with Crippen LogP contribution in [0.2, 0.25) is 0 Å². The van der Waals surface area contributed by atoms with Crippen LogP contribution in [0.4, 0.5) is 0 Å². The highest BCUT2D eigenvalue weighted by molar-refractivity contribution is 5.92. The van der Waals surface area contributed by atoms with Gasteiger partial charge in [0, 0.05) is 19.3 Å². The number of carboxylic acid groups (broad SMARTS) is 1. The van der Waals surface area contributed by atoms with Gasteiger partial charge in [0.2, 0.25) is 23.6 Å². The molecule has 31 heavy (non-hydrogen) atoms. The van der Waals surface area contributed by atoms with E-state index in [1.807, 2.05) is 0 Å². The van der Waals surface area contributed by atoms with E-state index in [9.17, 15) is 34.2 Å². The first-order valence-electron chi connectivity index (χ1n) is 9.43. The van der Waals surface area contributed by atoms with E-state index < -0.39 is 47.7 Å². The quantitative estimate of drug-likeness (QED) is 0.179. The number of phenols is 1. The minimum Gasteiger partial charge on any atom is -0.508 e. The maximum absolute atomic E-state index is 12.7. The topological polar surface area (TPSA) is 228 Å². The Balaban J connectivity index is 2.96. The van der Waals surface area contributed by atoms with Gasteiger partial charge in [-0.15, -0.1) is 0 Å². The highest BCUT2D eigenvalue weighted by atomic mass is 16.4. The minimum absolute atomic E-state index is 0.000320. The molecule has 0 spiro atoms. The molecule has 0 fully saturated rings. The molecule has 170 valence electrons. The van der Waals surface area contributed by atoms with Crippen LogP contribution in [0.25, 0.3) is 0 Å². The van der Waals surface area contributed by atoms with E-state index in [0.717, 1.165) is 0 Å². The lowest BCUT2D eigenvalue weighted by molar-refractivity contribution is -0.142. The van der Waals surface area contributed by atoms with Gasteiger partial charge in [-0.05, 0) is 30.5 Å². The molecule has 4 amide bonds. The van der Waals surface area contributed by atoms with E-state index in [1.165, 1.54) is 24.3 Å². The number of phenolic OH excluding ortho intramolecular Hbond substituents is 1. The molecule has 1 rings (SSSR count). The molecular formula is C19H27N5O7. The van der Waals surface area contributed by atoms with Gasteiger partial charge in [-0.1, -0.05) is 12.1 Å². The average Bonchev–Trinajstić information content (AvgIpc) is 2.69. The van der Waals surface area contributed by atoms with Crippen LogP contribution in [0.5, 0.6) is 5.75 Å². The maximum Gasteiger partial charge on any atom is 0.326 e. The van der Waals surface area contributed by atoms with Crippen LogP contribution < -0.4 is 27.8 Å². The Morgan fingerprint density at radius 1 is 0.839 bits per heavy atom. The summed E-state index contributed by atoms with van der Waals surface area (Å²) in [7, 11) is 0. The zero-order chi connectivity index (χ0) is 23.6. The molecule has 3 atom stereocenters. The number of carbonyl (C=O) groups is 5. The molecule has 0 radical (unpaired) electrons. The summed E-state index contributed by atoms with van der Waals surface area (Å²) in [4.78, 5) is 58.3. The van der Waals surface area contributed by atoms with Gasteiger partial charge in [0.25, 0.3) is 0 Å². The van der Waals surface area contributed by atoms with Crippen molar-refractivity contribution in [1.82, 2.24) is 10.6 Å². The minimum atomic E-state index is -1.40. The number of hydrogen-bond acceptors (Lipinski definition) is 7. The lowest BCUT2D eigenvalue weighted by Crippen LogP contribution is -2.55. The van der Waals surface area contributed by atoms with Crippen molar-refractivity contribution < 1.29 is 34.2 Å². The number of nitrogens with one attached hydrogen (secondary N) is 2. The molecule has 0 saturated heterocycles. The first-order valence-corrected chi connectivity index (χ1v) is 9.43. The van der Waals surface area contributed by atoms with Gasteiger partial charge in [-0.2, -0.15) is 0 Å². The normalized spacial score (nSPS) is 13.5. The molecule has 1 aromatic rings. The summed E-state index contributed by atoms with van der Waals surface area (Å²) in [6.45, 7) is 0. The number of primary amides is 2. The standard InChI is InChI=1S/C19H27N5O7/c20-12(5-7-15(21)26)17(28)24-14(9-10-1-3-11(25)4-2-10)18(29)23-13(19(30)31)6-8-16(22)27/h1-4,12-14,25H,5-9,20H2,(H2,21,26)(H2,22,27)(H,23,29)(H,24,28)(H,30,31)/t12-,13-,14-/m0/s1. The largest absolute Gasteiger partial charge is 0.508 e. The number of hydrogen-bond donors (Lipinski definition) is 7. The van der Waals surface area contributed by atoms with Crippen LogP contribution in [-0.4, -0.2) is 57.9 Å². The van der Waals surface area contributed by atoms with Crippen molar-refractivity contribution in [2.45, 2.75) is 50.2 Å². The highest BCUT2D eigenvalue weighted by Crippen LogP contribution is 2.12. The summed E-state index contributed by atoms with van der Waals surface area (Å²) in [5.74, 6) is -4.29. The van der Waals surface area contributed by atoms with E-state index in [4.69, 9.17) is 17.2 Å². The van der Waals surface area contributed by atoms with Gasteiger partial charge in [0.1, 0.15) is 17.8 Å². The smallest absolute Gasteiger partial charge is 0.326 e. The fourth-order valence-corrected chi connectivity index (χ4v) is 2.60. The molecule has 12 nitrogen and oxygen atoms in total. The monoisotopic (exact) mass is 437 g/mol. The number of aliphatic carboxylic acids is 1. The molecule has 12 heteroatoms. The van der Waals surface area contributed by atoms with Crippen LogP contribution in [0, 0.1) is 0 Å². The summed E-state index contributed by atoms with van der Waals surface area (Å²) in [5, 5.41) is 23.4. The van der Waals surface area contributed by atoms with Gasteiger partial charge in [0.05, 0.1) is 6.04 Å². The highest BCUT2D eigenvalue weighted by Gasteiger charge is 2.28. The molecule has 10 N–H and O–H groups in total. The van der Waals surface area contributed by atoms with Crippen LogP contribution in [0.15, 0.2) is 24.3 Å². The zero-order valence-electron chi connectivity index (χ0n) is 16.7. The van der Waals surface area contributed by atoms with Crippen molar-refractivity contribution in [1.29, 1.82) is 0 Å². The molecule has 0 aliphatic rings. The lowest BCUT2D eigenvalue weighted by atomic mass is 10.0. The number of carbonyl (C=O) groups excluding carboxylic acids is 4. The average molecular weight is 437 g/mol. The third-order valence-electron chi connectivity index (χ3n) is 4.34. The van der Waals surface area contributed by atoms with Crippen molar-refractivity contribution in [3.8, 4) is 5.75 Å². The maximum atomic E-state index is 12.7. The summed E-state index contributed by atoms with van der Waals surface area (Å²) < 4.78 is 0. The first-order chi connectivity index (χ1) is 14.5. The molecule has 1 aromatic carbocycles. The van der Waals surface area contributed by atoms with Gasteiger partial charge >= 0.3 is 5.97 Å². The molecule has 0 saturated carbocycles. The third-order valence-corrected chi connectivity index (χ3v) is 4.34. The Morgan fingerprint density at radius 2 is 1.35 bits per heavy atom. The third kappa shape index (κ3) is 9.58. The van der Waals surface area contributed by atoms with Crippen LogP contribution in [0.1, 0.15) is 31.2 Å². The van der Waals surface area contributed by atoms with Crippen LogP contribution in [0.3, 0.4) is 0 Å².